The summed E-state index contributed by atoms with van der Waals surface area (Å²) in [7, 11) is 1.64. The number of nitrogens with zero attached hydrogens (tertiary/aromatic N) is 1. The van der Waals surface area contributed by atoms with E-state index in [1.807, 2.05) is 12.1 Å². The molecular weight excluding hydrogens is 346 g/mol. The number of benzene rings is 1. The van der Waals surface area contributed by atoms with Crippen molar-refractivity contribution in [1.29, 1.82) is 0 Å². The molecule has 0 aliphatic heterocycles. The van der Waals surface area contributed by atoms with Crippen molar-refractivity contribution in [1.82, 2.24) is 5.32 Å². The number of anilines is 1. The van der Waals surface area contributed by atoms with Crippen LogP contribution in [0.15, 0.2) is 22.7 Å². The van der Waals surface area contributed by atoms with E-state index in [4.69, 9.17) is 9.84 Å². The average Bonchev–Trinajstić information content (AvgIpc) is 2.43. The summed E-state index contributed by atoms with van der Waals surface area (Å²) in [5.74, 6) is 0. The van der Waals surface area contributed by atoms with Gasteiger partial charge in [0, 0.05) is 31.2 Å². The average molecular weight is 367 g/mol. The summed E-state index contributed by atoms with van der Waals surface area (Å²) < 4.78 is 30.9. The van der Waals surface area contributed by atoms with E-state index in [9.17, 15) is 8.78 Å². The second kappa shape index (κ2) is 10.0. The molecule has 0 amide bonds. The molecule has 120 valence electrons. The molecule has 1 rings (SSSR count). The van der Waals surface area contributed by atoms with E-state index in [0.29, 0.717) is 18.8 Å². The summed E-state index contributed by atoms with van der Waals surface area (Å²) >= 11 is 3.41. The fourth-order valence-corrected chi connectivity index (χ4v) is 2.60. The zero-order valence-electron chi connectivity index (χ0n) is 12.0. The van der Waals surface area contributed by atoms with E-state index in [1.54, 1.807) is 13.2 Å². The Kier molecular flexibility index (Phi) is 8.75. The number of hydrogen-bond donors (Lipinski definition) is 2. The zero-order valence-corrected chi connectivity index (χ0v) is 13.6. The van der Waals surface area contributed by atoms with Crippen LogP contribution in [-0.2, 0) is 11.3 Å². The van der Waals surface area contributed by atoms with Crippen LogP contribution in [0.3, 0.4) is 0 Å². The number of ether oxygens (including phenoxy) is 1. The first kappa shape index (κ1) is 18.3. The van der Waals surface area contributed by atoms with E-state index in [-0.39, 0.29) is 13.2 Å². The minimum absolute atomic E-state index is 0.167. The monoisotopic (exact) mass is 366 g/mol. The van der Waals surface area contributed by atoms with Crippen LogP contribution < -0.4 is 10.2 Å². The highest BCUT2D eigenvalue weighted by Crippen LogP contribution is 2.28. The van der Waals surface area contributed by atoms with Crippen molar-refractivity contribution < 1.29 is 18.6 Å². The highest BCUT2D eigenvalue weighted by atomic mass is 79.9. The molecule has 2 N–H and O–H groups in total. The van der Waals surface area contributed by atoms with Gasteiger partial charge in [-0.2, -0.15) is 0 Å². The highest BCUT2D eigenvalue weighted by Gasteiger charge is 2.15. The lowest BCUT2D eigenvalue weighted by atomic mass is 10.2. The largest absolute Gasteiger partial charge is 0.395 e. The van der Waals surface area contributed by atoms with E-state index < -0.39 is 13.0 Å². The van der Waals surface area contributed by atoms with Crippen molar-refractivity contribution in [2.45, 2.75) is 13.0 Å². The molecule has 0 spiro atoms. The molecule has 0 saturated heterocycles. The van der Waals surface area contributed by atoms with Crippen LogP contribution in [0.4, 0.5) is 14.5 Å². The molecule has 1 aromatic rings. The number of halogens is 3. The Morgan fingerprint density at radius 1 is 1.43 bits per heavy atom. The molecular formula is C14H21BrF2N2O2. The number of nitrogens with one attached hydrogen (secondary N) is 1. The van der Waals surface area contributed by atoms with Gasteiger partial charge in [-0.15, -0.1) is 0 Å². The quantitative estimate of drug-likeness (QED) is 0.623. The molecule has 0 atom stereocenters. The summed E-state index contributed by atoms with van der Waals surface area (Å²) in [4.78, 5) is 1.47. The highest BCUT2D eigenvalue weighted by molar-refractivity contribution is 9.10. The third kappa shape index (κ3) is 6.69. The topological polar surface area (TPSA) is 44.7 Å². The van der Waals surface area contributed by atoms with Gasteiger partial charge in [0.05, 0.1) is 25.4 Å². The predicted octanol–water partition coefficient (Wildman–Crippen LogP) is 2.25. The lowest BCUT2D eigenvalue weighted by Crippen LogP contribution is -2.31. The van der Waals surface area contributed by atoms with Crippen LogP contribution in [-0.4, -0.2) is 51.5 Å². The van der Waals surface area contributed by atoms with Crippen molar-refractivity contribution in [2.24, 2.45) is 0 Å². The molecule has 0 bridgehead atoms. The van der Waals surface area contributed by atoms with Crippen molar-refractivity contribution in [3.05, 3.63) is 28.2 Å². The van der Waals surface area contributed by atoms with Crippen LogP contribution in [0, 0.1) is 0 Å². The molecule has 0 aromatic heterocycles. The SMILES string of the molecule is COCCNCc1ccc(N(CCO)CC(F)F)c(Br)c1. The Morgan fingerprint density at radius 3 is 2.76 bits per heavy atom. The van der Waals surface area contributed by atoms with Crippen LogP contribution in [0.2, 0.25) is 0 Å². The van der Waals surface area contributed by atoms with Gasteiger partial charge in [0.2, 0.25) is 0 Å². The second-order valence-corrected chi connectivity index (χ2v) is 5.37. The fourth-order valence-electron chi connectivity index (χ4n) is 1.92. The fraction of sp³-hybridized carbons (Fsp3) is 0.571. The normalized spacial score (nSPS) is 11.1. The third-order valence-corrected chi connectivity index (χ3v) is 3.53. The Hall–Kier alpha value is -0.760. The van der Waals surface area contributed by atoms with Gasteiger partial charge >= 0.3 is 0 Å². The first-order chi connectivity index (χ1) is 10.1. The predicted molar refractivity (Wildman–Crippen MR) is 83.0 cm³/mol. The zero-order chi connectivity index (χ0) is 15.7. The number of aliphatic hydroxyl groups excluding tert-OH is 1. The Labute approximate surface area is 132 Å². The molecule has 7 heteroatoms. The van der Waals surface area contributed by atoms with Gasteiger partial charge in [-0.3, -0.25) is 0 Å². The van der Waals surface area contributed by atoms with Crippen molar-refractivity contribution in [3.63, 3.8) is 0 Å². The molecule has 0 heterocycles. The molecule has 0 saturated carbocycles. The summed E-state index contributed by atoms with van der Waals surface area (Å²) in [6.45, 7) is 1.67. The first-order valence-electron chi connectivity index (χ1n) is 6.70. The van der Waals surface area contributed by atoms with Crippen LogP contribution in [0.1, 0.15) is 5.56 Å². The minimum Gasteiger partial charge on any atom is -0.395 e. The maximum atomic E-state index is 12.6. The van der Waals surface area contributed by atoms with Gasteiger partial charge in [-0.25, -0.2) is 8.78 Å². The maximum Gasteiger partial charge on any atom is 0.255 e. The third-order valence-electron chi connectivity index (χ3n) is 2.89. The Bertz CT molecular complexity index is 422. The summed E-state index contributed by atoms with van der Waals surface area (Å²) in [5, 5.41) is 12.2. The van der Waals surface area contributed by atoms with Gasteiger partial charge < -0.3 is 20.1 Å². The number of alkyl halides is 2. The van der Waals surface area contributed by atoms with Gasteiger partial charge in [0.1, 0.15) is 0 Å². The van der Waals surface area contributed by atoms with Gasteiger partial charge in [0.25, 0.3) is 6.43 Å². The minimum atomic E-state index is -2.45. The van der Waals surface area contributed by atoms with E-state index >= 15 is 0 Å². The number of methoxy groups -OCH3 is 1. The summed E-state index contributed by atoms with van der Waals surface area (Å²) in [5.41, 5.74) is 1.70. The van der Waals surface area contributed by atoms with E-state index in [1.165, 1.54) is 4.90 Å². The lowest BCUT2D eigenvalue weighted by Gasteiger charge is -2.25. The Morgan fingerprint density at radius 2 is 2.19 bits per heavy atom. The van der Waals surface area contributed by atoms with E-state index in [0.717, 1.165) is 16.6 Å². The maximum absolute atomic E-state index is 12.6. The standard InChI is InChI=1S/C14H21BrF2N2O2/c1-21-7-4-18-9-11-2-3-13(12(15)8-11)19(5-6-20)10-14(16)17/h2-3,8,14,18,20H,4-7,9-10H2,1H3. The summed E-state index contributed by atoms with van der Waals surface area (Å²) in [6, 6.07) is 5.57. The van der Waals surface area contributed by atoms with Crippen LogP contribution in [0.5, 0.6) is 0 Å². The first-order valence-corrected chi connectivity index (χ1v) is 7.49. The van der Waals surface area contributed by atoms with Crippen molar-refractivity contribution in [3.8, 4) is 0 Å². The molecule has 0 aliphatic rings. The van der Waals surface area contributed by atoms with Gasteiger partial charge in [-0.1, -0.05) is 6.07 Å². The van der Waals surface area contributed by atoms with E-state index in [2.05, 4.69) is 21.2 Å². The lowest BCUT2D eigenvalue weighted by molar-refractivity contribution is 0.152. The molecule has 0 aliphatic carbocycles. The van der Waals surface area contributed by atoms with Crippen LogP contribution in [0.25, 0.3) is 0 Å². The number of rotatable bonds is 10. The molecule has 0 fully saturated rings. The smallest absolute Gasteiger partial charge is 0.255 e. The molecule has 0 radical (unpaired) electrons. The summed E-state index contributed by atoms with van der Waals surface area (Å²) in [6.07, 6.45) is -2.45. The second-order valence-electron chi connectivity index (χ2n) is 4.52. The van der Waals surface area contributed by atoms with Gasteiger partial charge in [-0.05, 0) is 33.6 Å². The molecule has 4 nitrogen and oxygen atoms in total. The molecule has 21 heavy (non-hydrogen) atoms. The number of aliphatic hydroxyl groups is 1. The van der Waals surface area contributed by atoms with Crippen molar-refractivity contribution in [2.75, 3.05) is 44.9 Å². The van der Waals surface area contributed by atoms with Crippen molar-refractivity contribution >= 4 is 21.6 Å². The molecule has 1 aromatic carbocycles. The Balaban J connectivity index is 2.70. The van der Waals surface area contributed by atoms with Crippen LogP contribution >= 0.6 is 15.9 Å². The number of hydrogen-bond acceptors (Lipinski definition) is 4. The van der Waals surface area contributed by atoms with Gasteiger partial charge in [0.15, 0.2) is 0 Å². The molecule has 0 unspecified atom stereocenters.